The van der Waals surface area contributed by atoms with Gasteiger partial charge < -0.3 is 10.2 Å². The number of unbranched alkanes of at least 4 members (excludes halogenated alkanes) is 15. The first-order valence-electron chi connectivity index (χ1n) is 14.2. The molecule has 0 amide bonds. The van der Waals surface area contributed by atoms with Crippen molar-refractivity contribution in [3.05, 3.63) is 0 Å². The lowest BCUT2D eigenvalue weighted by molar-refractivity contribution is -0.143. The fourth-order valence-corrected chi connectivity index (χ4v) is 10.3. The molecule has 0 aromatic rings. The van der Waals surface area contributed by atoms with Crippen LogP contribution in [0.2, 0.25) is 0 Å². The molecule has 0 aliphatic heterocycles. The van der Waals surface area contributed by atoms with Crippen LogP contribution in [0.3, 0.4) is 0 Å². The quantitative estimate of drug-likeness (QED) is 0.0995. The summed E-state index contributed by atoms with van der Waals surface area (Å²) in [7, 11) is -1.86. The summed E-state index contributed by atoms with van der Waals surface area (Å²) >= 11 is 0. The number of hydrogen-bond donors (Lipinski definition) is 2. The van der Waals surface area contributed by atoms with Gasteiger partial charge in [0.05, 0.1) is 24.9 Å². The largest absolute Gasteiger partial charge is 0.481 e. The molecule has 0 aliphatic carbocycles. The van der Waals surface area contributed by atoms with E-state index in [1.165, 1.54) is 77.0 Å². The Morgan fingerprint density at radius 2 is 0.848 bits per heavy atom. The molecule has 0 fully saturated rings. The highest BCUT2D eigenvalue weighted by atomic mass is 31.2. The molecule has 0 saturated heterocycles. The maximum absolute atomic E-state index is 12.4. The van der Waals surface area contributed by atoms with E-state index < -0.39 is 24.9 Å². The Bertz CT molecular complexity index is 440. The van der Waals surface area contributed by atoms with Crippen LogP contribution in [0.1, 0.15) is 143 Å². The molecular formula is C28H56O4P+. The number of carboxylic acid groups (broad SMARTS) is 2. The topological polar surface area (TPSA) is 74.6 Å². The first-order valence-corrected chi connectivity index (χ1v) is 16.6. The Morgan fingerprint density at radius 3 is 1.12 bits per heavy atom. The minimum absolute atomic E-state index is 0.190. The summed E-state index contributed by atoms with van der Waals surface area (Å²) in [5, 5.41) is 19.7. The highest BCUT2D eigenvalue weighted by Crippen LogP contribution is 2.66. The average molecular weight is 488 g/mol. The standard InChI is InChI=1S/C28H55O4P/c1-4-7-10-13-16-19-22-33(23-20-17-14-11-8-5-2,24-21-18-15-12-9-6-3)26(28(31)32)25-27(29)30/h26H,4-25H2,1-3H3,(H-,29,30,31,32)/p+1. The van der Waals surface area contributed by atoms with Gasteiger partial charge in [0.1, 0.15) is 0 Å². The molecule has 2 N–H and O–H groups in total. The molecule has 0 heterocycles. The van der Waals surface area contributed by atoms with Gasteiger partial charge in [-0.1, -0.05) is 97.8 Å². The van der Waals surface area contributed by atoms with Crippen molar-refractivity contribution in [2.24, 2.45) is 0 Å². The molecule has 33 heavy (non-hydrogen) atoms. The molecule has 0 spiro atoms. The molecule has 0 bridgehead atoms. The predicted molar refractivity (Wildman–Crippen MR) is 145 cm³/mol. The van der Waals surface area contributed by atoms with Gasteiger partial charge in [-0.25, -0.2) is 4.79 Å². The molecule has 0 saturated carbocycles. The second kappa shape index (κ2) is 21.9. The lowest BCUT2D eigenvalue weighted by Crippen LogP contribution is -2.32. The first kappa shape index (κ1) is 32.4. The summed E-state index contributed by atoms with van der Waals surface area (Å²) in [6, 6.07) is 0. The number of aliphatic carboxylic acids is 2. The van der Waals surface area contributed by atoms with E-state index in [0.29, 0.717) is 0 Å². The van der Waals surface area contributed by atoms with E-state index in [-0.39, 0.29) is 6.42 Å². The van der Waals surface area contributed by atoms with E-state index in [4.69, 9.17) is 0 Å². The van der Waals surface area contributed by atoms with Crippen LogP contribution in [0.15, 0.2) is 0 Å². The van der Waals surface area contributed by atoms with Crippen molar-refractivity contribution in [2.45, 2.75) is 148 Å². The van der Waals surface area contributed by atoms with Crippen molar-refractivity contribution in [1.29, 1.82) is 0 Å². The second-order valence-electron chi connectivity index (χ2n) is 10.1. The Morgan fingerprint density at radius 1 is 0.545 bits per heavy atom. The van der Waals surface area contributed by atoms with Crippen LogP contribution in [0.4, 0.5) is 0 Å². The maximum atomic E-state index is 12.4. The van der Waals surface area contributed by atoms with Crippen molar-refractivity contribution in [3.63, 3.8) is 0 Å². The highest BCUT2D eigenvalue weighted by Gasteiger charge is 2.49. The van der Waals surface area contributed by atoms with Crippen molar-refractivity contribution in [2.75, 3.05) is 18.5 Å². The molecule has 1 unspecified atom stereocenters. The Labute approximate surface area is 206 Å². The lowest BCUT2D eigenvalue weighted by Gasteiger charge is -2.33. The third kappa shape index (κ3) is 16.6. The number of hydrogen-bond acceptors (Lipinski definition) is 2. The van der Waals surface area contributed by atoms with Crippen LogP contribution in [-0.4, -0.2) is 46.3 Å². The summed E-state index contributed by atoms with van der Waals surface area (Å²) in [6.45, 7) is 6.67. The molecular weight excluding hydrogens is 431 g/mol. The van der Waals surface area contributed by atoms with Gasteiger partial charge >= 0.3 is 11.9 Å². The summed E-state index contributed by atoms with van der Waals surface area (Å²) in [6.07, 6.45) is 24.4. The van der Waals surface area contributed by atoms with Gasteiger partial charge in [-0.3, -0.25) is 4.79 Å². The SMILES string of the molecule is CCCCCCCC[P+](CCCCCCCC)(CCCCCCCC)C(CC(=O)O)C(=O)O. The van der Waals surface area contributed by atoms with E-state index in [2.05, 4.69) is 20.8 Å². The average Bonchev–Trinajstić information content (AvgIpc) is 2.78. The van der Waals surface area contributed by atoms with Gasteiger partial charge in [0.15, 0.2) is 5.66 Å². The van der Waals surface area contributed by atoms with E-state index >= 15 is 0 Å². The van der Waals surface area contributed by atoms with Crippen molar-refractivity contribution < 1.29 is 19.8 Å². The zero-order valence-corrected chi connectivity index (χ0v) is 23.2. The molecule has 5 heteroatoms. The molecule has 0 aliphatic rings. The predicted octanol–water partition coefficient (Wildman–Crippen LogP) is 9.01. The van der Waals surface area contributed by atoms with Gasteiger partial charge in [-0.2, -0.15) is 0 Å². The highest BCUT2D eigenvalue weighted by molar-refractivity contribution is 7.77. The van der Waals surface area contributed by atoms with Gasteiger partial charge in [0, 0.05) is 7.26 Å². The summed E-state index contributed by atoms with van der Waals surface area (Å²) < 4.78 is 0. The lowest BCUT2D eigenvalue weighted by atomic mass is 10.1. The summed E-state index contributed by atoms with van der Waals surface area (Å²) in [5.41, 5.74) is -0.656. The maximum Gasteiger partial charge on any atom is 0.345 e. The number of carboxylic acids is 2. The molecule has 196 valence electrons. The van der Waals surface area contributed by atoms with Crippen molar-refractivity contribution in [3.8, 4) is 0 Å². The molecule has 0 aromatic carbocycles. The normalized spacial score (nSPS) is 12.7. The van der Waals surface area contributed by atoms with Gasteiger partial charge in [0.25, 0.3) is 0 Å². The second-order valence-corrected chi connectivity index (χ2v) is 14.5. The molecule has 4 nitrogen and oxygen atoms in total. The van der Waals surface area contributed by atoms with Crippen LogP contribution < -0.4 is 0 Å². The van der Waals surface area contributed by atoms with Gasteiger partial charge in [-0.05, 0) is 38.5 Å². The Hall–Kier alpha value is -0.630. The van der Waals surface area contributed by atoms with Crippen LogP contribution in [-0.2, 0) is 9.59 Å². The Balaban J connectivity index is 5.30. The third-order valence-corrected chi connectivity index (χ3v) is 12.5. The molecule has 0 aromatic heterocycles. The van der Waals surface area contributed by atoms with Crippen LogP contribution in [0.25, 0.3) is 0 Å². The van der Waals surface area contributed by atoms with Crippen LogP contribution >= 0.6 is 7.26 Å². The number of carbonyl (C=O) groups is 2. The summed E-state index contributed by atoms with van der Waals surface area (Å²) in [5.74, 6) is -1.80. The summed E-state index contributed by atoms with van der Waals surface area (Å²) in [4.78, 5) is 24.0. The fraction of sp³-hybridized carbons (Fsp3) is 0.929. The Kier molecular flexibility index (Phi) is 21.5. The minimum Gasteiger partial charge on any atom is -0.481 e. The molecule has 0 rings (SSSR count). The fourth-order valence-electron chi connectivity index (χ4n) is 5.10. The van der Waals surface area contributed by atoms with E-state index in [1.807, 2.05) is 0 Å². The van der Waals surface area contributed by atoms with E-state index in [1.54, 1.807) is 0 Å². The molecule has 0 radical (unpaired) electrons. The smallest absolute Gasteiger partial charge is 0.345 e. The van der Waals surface area contributed by atoms with Crippen LogP contribution in [0.5, 0.6) is 0 Å². The van der Waals surface area contributed by atoms with Crippen molar-refractivity contribution >= 4 is 19.2 Å². The van der Waals surface area contributed by atoms with Crippen molar-refractivity contribution in [1.82, 2.24) is 0 Å². The molecule has 1 atom stereocenters. The first-order chi connectivity index (χ1) is 15.9. The monoisotopic (exact) mass is 487 g/mol. The van der Waals surface area contributed by atoms with E-state index in [9.17, 15) is 19.8 Å². The minimum atomic E-state index is -1.86. The van der Waals surface area contributed by atoms with E-state index in [0.717, 1.165) is 57.0 Å². The van der Waals surface area contributed by atoms with Crippen LogP contribution in [0, 0.1) is 0 Å². The zero-order chi connectivity index (χ0) is 24.8. The number of rotatable bonds is 25. The zero-order valence-electron chi connectivity index (χ0n) is 22.3. The third-order valence-electron chi connectivity index (χ3n) is 7.19. The van der Waals surface area contributed by atoms with Gasteiger partial charge in [-0.15, -0.1) is 0 Å². The van der Waals surface area contributed by atoms with Gasteiger partial charge in [0.2, 0.25) is 0 Å².